The van der Waals surface area contributed by atoms with Gasteiger partial charge in [0.25, 0.3) is 10.0 Å². The zero-order chi connectivity index (χ0) is 23.0. The van der Waals surface area contributed by atoms with Gasteiger partial charge in [0.1, 0.15) is 5.82 Å². The van der Waals surface area contributed by atoms with Gasteiger partial charge in [0.2, 0.25) is 11.9 Å². The average molecular weight is 482 g/mol. The fraction of sp³-hybridized carbons (Fsp3) is 0.0435. The van der Waals surface area contributed by atoms with Gasteiger partial charge in [0, 0.05) is 10.6 Å². The number of nitrogens with zero attached hydrogens (tertiary/aromatic N) is 3. The molecule has 7 nitrogen and oxygen atoms in total. The Morgan fingerprint density at radius 1 is 0.939 bits per heavy atom. The summed E-state index contributed by atoms with van der Waals surface area (Å²) in [5.74, 6) is -0.0734. The molecule has 0 aliphatic carbocycles. The van der Waals surface area contributed by atoms with E-state index in [0.29, 0.717) is 10.7 Å². The van der Waals surface area contributed by atoms with E-state index in [1.165, 1.54) is 36.4 Å². The summed E-state index contributed by atoms with van der Waals surface area (Å²) < 4.78 is 41.6. The van der Waals surface area contributed by atoms with Crippen molar-refractivity contribution >= 4 is 39.2 Å². The van der Waals surface area contributed by atoms with Crippen molar-refractivity contribution in [1.29, 1.82) is 0 Å². The third-order valence-corrected chi connectivity index (χ3v) is 6.71. The molecule has 0 fully saturated rings. The van der Waals surface area contributed by atoms with Gasteiger partial charge >= 0.3 is 0 Å². The van der Waals surface area contributed by atoms with Crippen LogP contribution in [0.3, 0.4) is 0 Å². The second-order valence-corrected chi connectivity index (χ2v) is 9.45. The Hall–Kier alpha value is -3.69. The number of hydrogen-bond acceptors (Lipinski definition) is 6. The SMILES string of the molecule is O=S(=O)(NC1=NC2=NC(c3ccccc3)=CC(c3ccc(F)cc3)N2N1)c1ccc(Cl)cc1. The maximum Gasteiger partial charge on any atom is 0.264 e. The highest BCUT2D eigenvalue weighted by molar-refractivity contribution is 7.90. The molecule has 2 aliphatic heterocycles. The molecule has 2 heterocycles. The predicted octanol–water partition coefficient (Wildman–Crippen LogP) is 4.09. The smallest absolute Gasteiger partial charge is 0.263 e. The molecule has 3 aromatic carbocycles. The number of nitrogens with one attached hydrogen (secondary N) is 2. The molecule has 5 rings (SSSR count). The van der Waals surface area contributed by atoms with Crippen LogP contribution in [0.15, 0.2) is 99.8 Å². The van der Waals surface area contributed by atoms with Crippen LogP contribution in [0.25, 0.3) is 5.70 Å². The highest BCUT2D eigenvalue weighted by Gasteiger charge is 2.34. The molecule has 0 amide bonds. The summed E-state index contributed by atoms with van der Waals surface area (Å²) in [5, 5.41) is 2.05. The van der Waals surface area contributed by atoms with E-state index in [4.69, 9.17) is 11.6 Å². The van der Waals surface area contributed by atoms with Crippen molar-refractivity contribution < 1.29 is 12.8 Å². The number of benzene rings is 3. The van der Waals surface area contributed by atoms with Crippen molar-refractivity contribution in [2.75, 3.05) is 0 Å². The monoisotopic (exact) mass is 481 g/mol. The van der Waals surface area contributed by atoms with E-state index in [1.807, 2.05) is 36.4 Å². The van der Waals surface area contributed by atoms with E-state index >= 15 is 0 Å². The van der Waals surface area contributed by atoms with Crippen molar-refractivity contribution in [2.45, 2.75) is 10.9 Å². The van der Waals surface area contributed by atoms with Gasteiger partial charge in [-0.3, -0.25) is 5.43 Å². The first kappa shape index (κ1) is 21.2. The van der Waals surface area contributed by atoms with E-state index < -0.39 is 16.1 Å². The number of halogens is 2. The van der Waals surface area contributed by atoms with E-state index in [2.05, 4.69) is 20.1 Å². The Kier molecular flexibility index (Phi) is 5.35. The van der Waals surface area contributed by atoms with Crippen LogP contribution in [-0.2, 0) is 10.0 Å². The molecule has 0 saturated carbocycles. The van der Waals surface area contributed by atoms with Gasteiger partial charge in [-0.25, -0.2) is 27.5 Å². The summed E-state index contributed by atoms with van der Waals surface area (Å²) in [4.78, 5) is 9.00. The Labute approximate surface area is 195 Å². The lowest BCUT2D eigenvalue weighted by molar-refractivity contribution is 0.328. The molecule has 33 heavy (non-hydrogen) atoms. The minimum absolute atomic E-state index is 0.00137. The van der Waals surface area contributed by atoms with Gasteiger partial charge in [-0.1, -0.05) is 54.1 Å². The maximum absolute atomic E-state index is 13.5. The summed E-state index contributed by atoms with van der Waals surface area (Å²) in [7, 11) is -3.91. The van der Waals surface area contributed by atoms with Crippen LogP contribution in [0.5, 0.6) is 0 Å². The van der Waals surface area contributed by atoms with Crippen molar-refractivity contribution in [1.82, 2.24) is 15.2 Å². The van der Waals surface area contributed by atoms with E-state index in [0.717, 1.165) is 11.1 Å². The molecule has 0 bridgehead atoms. The van der Waals surface area contributed by atoms with Gasteiger partial charge < -0.3 is 0 Å². The average Bonchev–Trinajstić information content (AvgIpc) is 3.21. The Morgan fingerprint density at radius 2 is 1.64 bits per heavy atom. The Balaban J connectivity index is 1.49. The fourth-order valence-corrected chi connectivity index (χ4v) is 4.59. The Bertz CT molecular complexity index is 1390. The van der Waals surface area contributed by atoms with Crippen LogP contribution in [-0.4, -0.2) is 25.3 Å². The van der Waals surface area contributed by atoms with Crippen LogP contribution in [0, 0.1) is 5.82 Å². The number of hydrazine groups is 1. The van der Waals surface area contributed by atoms with Crippen LogP contribution < -0.4 is 10.1 Å². The largest absolute Gasteiger partial charge is 0.264 e. The molecule has 0 spiro atoms. The minimum atomic E-state index is -3.91. The van der Waals surface area contributed by atoms with Crippen LogP contribution in [0.2, 0.25) is 5.02 Å². The lowest BCUT2D eigenvalue weighted by atomic mass is 10.0. The zero-order valence-electron chi connectivity index (χ0n) is 17.0. The van der Waals surface area contributed by atoms with E-state index in [1.54, 1.807) is 17.1 Å². The maximum atomic E-state index is 13.5. The van der Waals surface area contributed by atoms with E-state index in [-0.39, 0.29) is 22.6 Å². The third-order valence-electron chi connectivity index (χ3n) is 5.10. The molecule has 166 valence electrons. The lowest BCUT2D eigenvalue weighted by Gasteiger charge is -2.30. The normalized spacial score (nSPS) is 17.5. The lowest BCUT2D eigenvalue weighted by Crippen LogP contribution is -2.47. The van der Waals surface area contributed by atoms with Gasteiger partial charge in [0.05, 0.1) is 16.6 Å². The number of aliphatic imine (C=N–C) groups is 2. The molecule has 1 unspecified atom stereocenters. The van der Waals surface area contributed by atoms with Crippen molar-refractivity contribution in [3.05, 3.63) is 107 Å². The molecule has 0 saturated heterocycles. The molecule has 10 heteroatoms. The summed E-state index contributed by atoms with van der Waals surface area (Å²) >= 11 is 5.86. The number of rotatable bonds is 4. The number of fused-ring (bicyclic) bond motifs is 1. The zero-order valence-corrected chi connectivity index (χ0v) is 18.6. The first-order valence-electron chi connectivity index (χ1n) is 9.93. The molecular weight excluding hydrogens is 465 g/mol. The first-order chi connectivity index (χ1) is 15.9. The quantitative estimate of drug-likeness (QED) is 0.587. The summed E-state index contributed by atoms with van der Waals surface area (Å²) in [5.41, 5.74) is 5.29. The van der Waals surface area contributed by atoms with E-state index in [9.17, 15) is 12.8 Å². The predicted molar refractivity (Wildman–Crippen MR) is 125 cm³/mol. The molecule has 3 aromatic rings. The third kappa shape index (κ3) is 4.33. The standard InChI is InChI=1S/C23H17ClFN5O2S/c24-17-8-12-19(13-9-17)33(31,32)29-22-27-23-26-20(15-4-2-1-3-5-15)14-21(30(23)28-22)16-6-10-18(25)11-7-16/h1-14,21H,(H2,26,27,28,29). The molecule has 2 N–H and O–H groups in total. The van der Waals surface area contributed by atoms with Crippen LogP contribution in [0.1, 0.15) is 17.2 Å². The highest BCUT2D eigenvalue weighted by Crippen LogP contribution is 2.33. The first-order valence-corrected chi connectivity index (χ1v) is 11.8. The molecule has 0 aromatic heterocycles. The minimum Gasteiger partial charge on any atom is -0.263 e. The van der Waals surface area contributed by atoms with Gasteiger partial charge in [-0.15, -0.1) is 0 Å². The number of hydrogen-bond donors (Lipinski definition) is 2. The molecule has 0 radical (unpaired) electrons. The van der Waals surface area contributed by atoms with Crippen molar-refractivity contribution in [3.8, 4) is 0 Å². The van der Waals surface area contributed by atoms with Crippen molar-refractivity contribution in [2.24, 2.45) is 9.98 Å². The molecular formula is C23H17ClFN5O2S. The second kappa shape index (κ2) is 8.34. The summed E-state index contributed by atoms with van der Waals surface area (Å²) in [6, 6.07) is 21.0. The molecule has 1 atom stereocenters. The summed E-state index contributed by atoms with van der Waals surface area (Å²) in [6.45, 7) is 0. The van der Waals surface area contributed by atoms with Crippen molar-refractivity contribution in [3.63, 3.8) is 0 Å². The second-order valence-electron chi connectivity index (χ2n) is 7.33. The van der Waals surface area contributed by atoms with Crippen LogP contribution >= 0.6 is 11.6 Å². The Morgan fingerprint density at radius 3 is 2.33 bits per heavy atom. The van der Waals surface area contributed by atoms with Gasteiger partial charge in [-0.2, -0.15) is 4.99 Å². The highest BCUT2D eigenvalue weighted by atomic mass is 35.5. The van der Waals surface area contributed by atoms with Gasteiger partial charge in [0.15, 0.2) is 0 Å². The number of guanidine groups is 2. The fourth-order valence-electron chi connectivity index (χ4n) is 3.51. The van der Waals surface area contributed by atoms with Gasteiger partial charge in [-0.05, 0) is 48.0 Å². The topological polar surface area (TPSA) is 86.2 Å². The summed E-state index contributed by atoms with van der Waals surface area (Å²) in [6.07, 6.45) is 1.91. The van der Waals surface area contributed by atoms with Crippen LogP contribution in [0.4, 0.5) is 4.39 Å². The molecule has 2 aliphatic rings. The number of sulfonamides is 1.